The van der Waals surface area contributed by atoms with Gasteiger partial charge in [-0.15, -0.1) is 15.3 Å². The molecule has 2 aromatic heterocycles. The standard InChI is InChI=1S/C19H17FN4O/c1-12-4-3-5-14(10-12)16-11-15(20)6-7-17(16)25-19-9-8-18-22-21-13(2)24(18)23-19/h3-4,6-11,14H,5H2,1-2H3. The van der Waals surface area contributed by atoms with E-state index in [-0.39, 0.29) is 11.7 Å². The Morgan fingerprint density at radius 3 is 2.88 bits per heavy atom. The largest absolute Gasteiger partial charge is 0.437 e. The molecular weight excluding hydrogens is 319 g/mol. The molecule has 0 aliphatic heterocycles. The van der Waals surface area contributed by atoms with Gasteiger partial charge in [0.2, 0.25) is 5.88 Å². The number of ether oxygens (including phenoxy) is 1. The summed E-state index contributed by atoms with van der Waals surface area (Å²) in [5, 5.41) is 12.4. The molecule has 0 bridgehead atoms. The molecule has 0 saturated carbocycles. The summed E-state index contributed by atoms with van der Waals surface area (Å²) in [6.07, 6.45) is 7.11. The van der Waals surface area contributed by atoms with E-state index in [9.17, 15) is 4.39 Å². The molecule has 1 unspecified atom stereocenters. The van der Waals surface area contributed by atoms with Gasteiger partial charge in [0.05, 0.1) is 0 Å². The number of aromatic nitrogens is 4. The van der Waals surface area contributed by atoms with E-state index in [1.165, 1.54) is 12.1 Å². The minimum Gasteiger partial charge on any atom is -0.437 e. The van der Waals surface area contributed by atoms with Gasteiger partial charge in [-0.25, -0.2) is 4.39 Å². The molecule has 0 saturated heterocycles. The lowest BCUT2D eigenvalue weighted by molar-refractivity contribution is 0.442. The lowest BCUT2D eigenvalue weighted by Gasteiger charge is -2.19. The molecule has 6 heteroatoms. The summed E-state index contributed by atoms with van der Waals surface area (Å²) in [4.78, 5) is 0. The van der Waals surface area contributed by atoms with E-state index in [1.54, 1.807) is 22.7 Å². The Balaban J connectivity index is 1.72. The first kappa shape index (κ1) is 15.5. The first-order valence-electron chi connectivity index (χ1n) is 8.11. The molecule has 0 spiro atoms. The Morgan fingerprint density at radius 1 is 1.16 bits per heavy atom. The van der Waals surface area contributed by atoms with Gasteiger partial charge in [0.1, 0.15) is 11.6 Å². The van der Waals surface area contributed by atoms with Gasteiger partial charge in [-0.2, -0.15) is 4.52 Å². The van der Waals surface area contributed by atoms with Crippen molar-refractivity contribution in [1.82, 2.24) is 19.8 Å². The normalized spacial score (nSPS) is 16.9. The summed E-state index contributed by atoms with van der Waals surface area (Å²) in [6.45, 7) is 3.86. The molecule has 1 aliphatic carbocycles. The topological polar surface area (TPSA) is 52.3 Å². The summed E-state index contributed by atoms with van der Waals surface area (Å²) < 4.78 is 21.4. The van der Waals surface area contributed by atoms with Crippen LogP contribution in [0.15, 0.2) is 54.1 Å². The van der Waals surface area contributed by atoms with Crippen molar-refractivity contribution in [3.63, 3.8) is 0 Å². The second kappa shape index (κ2) is 6.12. The molecular formula is C19H17FN4O. The molecule has 25 heavy (non-hydrogen) atoms. The van der Waals surface area contributed by atoms with Crippen LogP contribution in [0.1, 0.15) is 30.7 Å². The highest BCUT2D eigenvalue weighted by Gasteiger charge is 2.18. The average Bonchev–Trinajstić information content (AvgIpc) is 2.97. The third kappa shape index (κ3) is 3.03. The molecule has 0 fully saturated rings. The van der Waals surface area contributed by atoms with Crippen LogP contribution in [0.5, 0.6) is 11.6 Å². The molecule has 0 radical (unpaired) electrons. The predicted octanol–water partition coefficient (Wildman–Crippen LogP) is 4.35. The van der Waals surface area contributed by atoms with Crippen LogP contribution in [0.4, 0.5) is 4.39 Å². The second-order valence-corrected chi connectivity index (χ2v) is 6.13. The number of benzene rings is 1. The summed E-state index contributed by atoms with van der Waals surface area (Å²) >= 11 is 0. The zero-order valence-electron chi connectivity index (χ0n) is 14.0. The highest BCUT2D eigenvalue weighted by Crippen LogP contribution is 2.36. The van der Waals surface area contributed by atoms with Gasteiger partial charge in [0.25, 0.3) is 0 Å². The maximum Gasteiger partial charge on any atom is 0.237 e. The highest BCUT2D eigenvalue weighted by molar-refractivity contribution is 5.44. The number of rotatable bonds is 3. The molecule has 3 aromatic rings. The predicted molar refractivity (Wildman–Crippen MR) is 92.2 cm³/mol. The van der Waals surface area contributed by atoms with Crippen molar-refractivity contribution in [2.75, 3.05) is 0 Å². The van der Waals surface area contributed by atoms with E-state index in [0.717, 1.165) is 17.6 Å². The van der Waals surface area contributed by atoms with Gasteiger partial charge in [-0.3, -0.25) is 0 Å². The zero-order valence-corrected chi connectivity index (χ0v) is 14.0. The van der Waals surface area contributed by atoms with Crippen LogP contribution < -0.4 is 4.74 Å². The zero-order chi connectivity index (χ0) is 17.4. The molecule has 0 N–H and O–H groups in total. The Bertz CT molecular complexity index is 1010. The fourth-order valence-electron chi connectivity index (χ4n) is 3.01. The maximum absolute atomic E-state index is 13.8. The summed E-state index contributed by atoms with van der Waals surface area (Å²) in [6, 6.07) is 8.11. The summed E-state index contributed by atoms with van der Waals surface area (Å²) in [7, 11) is 0. The second-order valence-electron chi connectivity index (χ2n) is 6.13. The van der Waals surface area contributed by atoms with Gasteiger partial charge < -0.3 is 4.74 Å². The number of hydrogen-bond acceptors (Lipinski definition) is 4. The van der Waals surface area contributed by atoms with Crippen LogP contribution in [-0.4, -0.2) is 19.8 Å². The van der Waals surface area contributed by atoms with E-state index in [1.807, 2.05) is 13.8 Å². The maximum atomic E-state index is 13.8. The Morgan fingerprint density at radius 2 is 2.04 bits per heavy atom. The van der Waals surface area contributed by atoms with Gasteiger partial charge in [-0.1, -0.05) is 23.8 Å². The number of halogens is 1. The molecule has 1 atom stereocenters. The molecule has 4 rings (SSSR count). The van der Waals surface area contributed by atoms with Crippen LogP contribution >= 0.6 is 0 Å². The molecule has 5 nitrogen and oxygen atoms in total. The van der Waals surface area contributed by atoms with Crippen LogP contribution in [0.25, 0.3) is 5.65 Å². The lowest BCUT2D eigenvalue weighted by Crippen LogP contribution is -2.03. The Labute approximate surface area is 144 Å². The number of nitrogens with zero attached hydrogens (tertiary/aromatic N) is 4. The lowest BCUT2D eigenvalue weighted by atomic mass is 9.89. The Hall–Kier alpha value is -3.02. The number of aryl methyl sites for hydroxylation is 1. The van der Waals surface area contributed by atoms with E-state index >= 15 is 0 Å². The Kier molecular flexibility index (Phi) is 3.80. The molecule has 126 valence electrons. The quantitative estimate of drug-likeness (QED) is 0.713. The fourth-order valence-corrected chi connectivity index (χ4v) is 3.01. The van der Waals surface area contributed by atoms with Gasteiger partial charge in [0, 0.05) is 17.5 Å². The molecule has 1 aliphatic rings. The van der Waals surface area contributed by atoms with Crippen LogP contribution in [-0.2, 0) is 0 Å². The van der Waals surface area contributed by atoms with E-state index < -0.39 is 0 Å². The summed E-state index contributed by atoms with van der Waals surface area (Å²) in [5.41, 5.74) is 2.62. The summed E-state index contributed by atoms with van der Waals surface area (Å²) in [5.74, 6) is 1.49. The van der Waals surface area contributed by atoms with Crippen molar-refractivity contribution in [3.05, 3.63) is 71.3 Å². The number of hydrogen-bond donors (Lipinski definition) is 0. The first-order chi connectivity index (χ1) is 12.1. The van der Waals surface area contributed by atoms with E-state index in [0.29, 0.717) is 23.1 Å². The third-order valence-corrected chi connectivity index (χ3v) is 4.21. The molecule has 1 aromatic carbocycles. The van der Waals surface area contributed by atoms with Gasteiger partial charge >= 0.3 is 0 Å². The fraction of sp³-hybridized carbons (Fsp3) is 0.211. The van der Waals surface area contributed by atoms with Crippen LogP contribution in [0.2, 0.25) is 0 Å². The highest BCUT2D eigenvalue weighted by atomic mass is 19.1. The molecule has 0 amide bonds. The monoisotopic (exact) mass is 336 g/mol. The first-order valence-corrected chi connectivity index (χ1v) is 8.11. The molecule has 2 heterocycles. The van der Waals surface area contributed by atoms with Crippen LogP contribution in [0.3, 0.4) is 0 Å². The van der Waals surface area contributed by atoms with Crippen molar-refractivity contribution in [3.8, 4) is 11.6 Å². The van der Waals surface area contributed by atoms with Gasteiger partial charge in [0.15, 0.2) is 11.5 Å². The van der Waals surface area contributed by atoms with Crippen molar-refractivity contribution in [1.29, 1.82) is 0 Å². The van der Waals surface area contributed by atoms with Crippen molar-refractivity contribution in [2.45, 2.75) is 26.2 Å². The average molecular weight is 336 g/mol. The third-order valence-electron chi connectivity index (χ3n) is 4.21. The number of fused-ring (bicyclic) bond motifs is 1. The number of allylic oxidation sites excluding steroid dienone is 4. The SMILES string of the molecule is CC1=CC(c2cc(F)ccc2Oc2ccc3nnc(C)n3n2)CC=C1. The van der Waals surface area contributed by atoms with Crippen LogP contribution in [0, 0.1) is 12.7 Å². The minimum absolute atomic E-state index is 0.0797. The van der Waals surface area contributed by atoms with Crippen molar-refractivity contribution in [2.24, 2.45) is 0 Å². The smallest absolute Gasteiger partial charge is 0.237 e. The van der Waals surface area contributed by atoms with E-state index in [4.69, 9.17) is 4.74 Å². The minimum atomic E-state index is -0.277. The van der Waals surface area contributed by atoms with Crippen molar-refractivity contribution < 1.29 is 9.13 Å². The van der Waals surface area contributed by atoms with Crippen molar-refractivity contribution >= 4 is 5.65 Å². The van der Waals surface area contributed by atoms with Gasteiger partial charge in [-0.05, 0) is 44.5 Å². The van der Waals surface area contributed by atoms with E-state index in [2.05, 4.69) is 33.5 Å².